The van der Waals surface area contributed by atoms with Crippen molar-refractivity contribution in [3.05, 3.63) is 58.7 Å². The van der Waals surface area contributed by atoms with Crippen LogP contribution >= 0.6 is 0 Å². The van der Waals surface area contributed by atoms with Gasteiger partial charge in [0.2, 0.25) is 0 Å². The Labute approximate surface area is 222 Å². The molecule has 2 atom stereocenters. The van der Waals surface area contributed by atoms with Crippen LogP contribution in [0.4, 0.5) is 0 Å². The average Bonchev–Trinajstić information content (AvgIpc) is 2.78. The molecule has 0 aromatic heterocycles. The molecule has 2 aromatic rings. The third kappa shape index (κ3) is 3.75. The fraction of sp³-hybridized carbons (Fsp3) is 0.576. The Balaban J connectivity index is 1.83. The highest BCUT2D eigenvalue weighted by atomic mass is 16.5. The molecule has 0 spiro atoms. The first-order chi connectivity index (χ1) is 17.3. The maximum atomic E-state index is 9.57. The minimum atomic E-state index is -0.124. The van der Waals surface area contributed by atoms with Crippen molar-refractivity contribution in [3.63, 3.8) is 0 Å². The lowest BCUT2D eigenvalue weighted by molar-refractivity contribution is -0.197. The van der Waals surface area contributed by atoms with Crippen molar-refractivity contribution in [3.8, 4) is 24.0 Å². The van der Waals surface area contributed by atoms with E-state index in [2.05, 4.69) is 72.7 Å². The van der Waals surface area contributed by atoms with Crippen LogP contribution in [0, 0.1) is 59.0 Å². The summed E-state index contributed by atoms with van der Waals surface area (Å²) in [7, 11) is 0. The summed E-state index contributed by atoms with van der Waals surface area (Å²) in [5.41, 5.74) is 4.64. The van der Waals surface area contributed by atoms with Gasteiger partial charge in [-0.05, 0) is 97.8 Å². The number of aryl methyl sites for hydroxylation is 2. The minimum Gasteiger partial charge on any atom is -0.388 e. The van der Waals surface area contributed by atoms with Gasteiger partial charge in [0.15, 0.2) is 0 Å². The molecule has 4 aliphatic carbocycles. The molecule has 0 N–H and O–H groups in total. The van der Waals surface area contributed by atoms with Crippen molar-refractivity contribution < 1.29 is 9.47 Å². The molecule has 37 heavy (non-hydrogen) atoms. The normalized spacial score (nSPS) is 32.2. The number of rotatable bonds is 5. The fourth-order valence-corrected chi connectivity index (χ4v) is 9.10. The Bertz CT molecular complexity index is 1240. The van der Waals surface area contributed by atoms with E-state index in [-0.39, 0.29) is 27.1 Å². The molecule has 4 heteroatoms. The van der Waals surface area contributed by atoms with Gasteiger partial charge >= 0.3 is 0 Å². The molecule has 0 amide bonds. The molecular formula is C33H40N2O2. The van der Waals surface area contributed by atoms with Crippen molar-refractivity contribution in [2.45, 2.75) is 97.8 Å². The lowest BCUT2D eigenvalue weighted by Crippen LogP contribution is -2.68. The number of nitriles is 2. The molecule has 4 fully saturated rings. The van der Waals surface area contributed by atoms with E-state index in [0.717, 1.165) is 43.2 Å². The third-order valence-electron chi connectivity index (χ3n) is 10.6. The number of ether oxygens (including phenoxy) is 2. The predicted molar refractivity (Wildman–Crippen MR) is 145 cm³/mol. The van der Waals surface area contributed by atoms with E-state index >= 15 is 0 Å². The van der Waals surface area contributed by atoms with Crippen molar-refractivity contribution in [2.75, 3.05) is 0 Å². The predicted octanol–water partition coefficient (Wildman–Crippen LogP) is 8.26. The summed E-state index contributed by atoms with van der Waals surface area (Å²) in [5.74, 6) is 1.92. The summed E-state index contributed by atoms with van der Waals surface area (Å²) in [4.78, 5) is 0. The van der Waals surface area contributed by atoms with E-state index in [1.54, 1.807) is 0 Å². The second-order valence-electron chi connectivity index (χ2n) is 14.1. The van der Waals surface area contributed by atoms with Gasteiger partial charge in [-0.1, -0.05) is 58.9 Å². The Morgan fingerprint density at radius 2 is 1.19 bits per heavy atom. The topological polar surface area (TPSA) is 66.0 Å². The summed E-state index contributed by atoms with van der Waals surface area (Å²) in [6.45, 7) is 16.2. The number of nitrogens with zero attached hydrogens (tertiary/aromatic N) is 2. The van der Waals surface area contributed by atoms with Crippen LogP contribution in [0.5, 0.6) is 11.5 Å². The first-order valence-corrected chi connectivity index (χ1v) is 13.7. The van der Waals surface area contributed by atoms with Crippen LogP contribution in [0.2, 0.25) is 0 Å². The van der Waals surface area contributed by atoms with Crippen molar-refractivity contribution in [1.82, 2.24) is 0 Å². The summed E-state index contributed by atoms with van der Waals surface area (Å²) < 4.78 is 11.3. The second kappa shape index (κ2) is 8.26. The highest BCUT2D eigenvalue weighted by Gasteiger charge is 2.72. The lowest BCUT2D eigenvalue weighted by Gasteiger charge is -2.74. The Morgan fingerprint density at radius 3 is 1.57 bits per heavy atom. The number of hydrogen-bond donors (Lipinski definition) is 0. The van der Waals surface area contributed by atoms with Crippen molar-refractivity contribution in [2.24, 2.45) is 22.2 Å². The quantitative estimate of drug-likeness (QED) is 0.391. The van der Waals surface area contributed by atoms with Gasteiger partial charge in [0, 0.05) is 22.0 Å². The molecule has 2 aromatic carbocycles. The van der Waals surface area contributed by atoms with Crippen LogP contribution in [-0.4, -0.2) is 0 Å². The highest BCUT2D eigenvalue weighted by molar-refractivity contribution is 5.51. The van der Waals surface area contributed by atoms with Crippen LogP contribution in [0.3, 0.4) is 0 Å². The van der Waals surface area contributed by atoms with E-state index in [0.29, 0.717) is 17.4 Å². The summed E-state index contributed by atoms with van der Waals surface area (Å²) in [6.07, 6.45) is 10.5. The van der Waals surface area contributed by atoms with Gasteiger partial charge in [-0.2, -0.15) is 0 Å². The van der Waals surface area contributed by atoms with Gasteiger partial charge in [-0.15, -0.1) is 10.5 Å². The zero-order valence-corrected chi connectivity index (χ0v) is 23.5. The highest BCUT2D eigenvalue weighted by Crippen LogP contribution is 2.79. The summed E-state index contributed by atoms with van der Waals surface area (Å²) >= 11 is 0. The Kier molecular flexibility index (Phi) is 5.73. The molecule has 194 valence electrons. The van der Waals surface area contributed by atoms with E-state index in [9.17, 15) is 10.5 Å². The first kappa shape index (κ1) is 25.7. The van der Waals surface area contributed by atoms with Crippen molar-refractivity contribution in [1.29, 1.82) is 10.5 Å². The van der Waals surface area contributed by atoms with Crippen LogP contribution in [0.25, 0.3) is 0 Å². The van der Waals surface area contributed by atoms with Crippen LogP contribution in [0.1, 0.15) is 95.4 Å². The molecule has 0 aliphatic heterocycles. The SMILES string of the molecule is Cc1ccc(C23CC4(c5ccc(C)cc5OC#N)CC(C(C)C)(C2)CC(C(C)(C)C)(C3)C4)c(OC#N)c1. The maximum absolute atomic E-state index is 9.57. The minimum absolute atomic E-state index is 0.0901. The summed E-state index contributed by atoms with van der Waals surface area (Å²) in [6, 6.07) is 12.9. The average molecular weight is 497 g/mol. The van der Waals surface area contributed by atoms with E-state index in [1.807, 2.05) is 24.6 Å². The van der Waals surface area contributed by atoms with Gasteiger partial charge in [0.05, 0.1) is 0 Å². The van der Waals surface area contributed by atoms with Gasteiger partial charge < -0.3 is 9.47 Å². The van der Waals surface area contributed by atoms with E-state index in [1.165, 1.54) is 17.5 Å². The number of benzene rings is 2. The molecule has 2 unspecified atom stereocenters. The van der Waals surface area contributed by atoms with E-state index < -0.39 is 0 Å². The first-order valence-electron chi connectivity index (χ1n) is 13.7. The van der Waals surface area contributed by atoms with Crippen LogP contribution < -0.4 is 9.47 Å². The Hall–Kier alpha value is -2.98. The van der Waals surface area contributed by atoms with Crippen LogP contribution in [-0.2, 0) is 10.8 Å². The molecule has 0 heterocycles. The number of hydrogen-bond acceptors (Lipinski definition) is 4. The van der Waals surface area contributed by atoms with Gasteiger partial charge in [-0.25, -0.2) is 0 Å². The van der Waals surface area contributed by atoms with Gasteiger partial charge in [0.25, 0.3) is 12.5 Å². The monoisotopic (exact) mass is 496 g/mol. The second-order valence-corrected chi connectivity index (χ2v) is 14.1. The molecule has 4 nitrogen and oxygen atoms in total. The molecular weight excluding hydrogens is 456 g/mol. The largest absolute Gasteiger partial charge is 0.388 e. The zero-order chi connectivity index (χ0) is 26.9. The molecule has 4 saturated carbocycles. The molecule has 4 aliphatic rings. The third-order valence-corrected chi connectivity index (χ3v) is 10.6. The molecule has 0 radical (unpaired) electrons. The molecule has 6 rings (SSSR count). The lowest BCUT2D eigenvalue weighted by atomic mass is 9.29. The maximum Gasteiger partial charge on any atom is 0.292 e. The van der Waals surface area contributed by atoms with Gasteiger partial charge in [-0.3, -0.25) is 0 Å². The zero-order valence-electron chi connectivity index (χ0n) is 23.5. The Morgan fingerprint density at radius 1 is 0.730 bits per heavy atom. The standard InChI is InChI=1S/C33H40N2O2/c1-22(2)30-14-31(25-10-8-23(3)12-27(25)36-20-34)16-32(15-30,19-33(17-30,18-31)29(5,6)7)26-11-9-24(4)13-28(26)37-21-35/h8-13,22H,14-19H2,1-7H3. The molecule has 0 saturated heterocycles. The fourth-order valence-electron chi connectivity index (χ4n) is 9.10. The van der Waals surface area contributed by atoms with Gasteiger partial charge in [0.1, 0.15) is 11.5 Å². The van der Waals surface area contributed by atoms with Crippen molar-refractivity contribution >= 4 is 0 Å². The van der Waals surface area contributed by atoms with Crippen LogP contribution in [0.15, 0.2) is 36.4 Å². The van der Waals surface area contributed by atoms with E-state index in [4.69, 9.17) is 9.47 Å². The smallest absolute Gasteiger partial charge is 0.292 e. The molecule has 4 bridgehead atoms. The summed E-state index contributed by atoms with van der Waals surface area (Å²) in [5, 5.41) is 19.1.